The molecule has 0 atom stereocenters. The molecule has 110 valence electrons. The predicted octanol–water partition coefficient (Wildman–Crippen LogP) is 4.89. The highest BCUT2D eigenvalue weighted by molar-refractivity contribution is 7.99. The highest BCUT2D eigenvalue weighted by atomic mass is 35.5. The lowest BCUT2D eigenvalue weighted by atomic mass is 10.1. The van der Waals surface area contributed by atoms with Gasteiger partial charge in [0.25, 0.3) is 0 Å². The van der Waals surface area contributed by atoms with Crippen molar-refractivity contribution in [2.75, 3.05) is 17.6 Å². The number of anilines is 1. The summed E-state index contributed by atoms with van der Waals surface area (Å²) in [4.78, 5) is 12.6. The molecule has 0 fully saturated rings. The fraction of sp³-hybridized carbons (Fsp3) is 0.188. The number of hydrogen-bond acceptors (Lipinski definition) is 3. The van der Waals surface area contributed by atoms with Gasteiger partial charge in [0.05, 0.1) is 5.56 Å². The van der Waals surface area contributed by atoms with Gasteiger partial charge in [0, 0.05) is 27.9 Å². The van der Waals surface area contributed by atoms with Crippen LogP contribution in [0.15, 0.2) is 47.4 Å². The second-order valence-electron chi connectivity index (χ2n) is 4.45. The van der Waals surface area contributed by atoms with E-state index < -0.39 is 5.82 Å². The number of ketones is 1. The van der Waals surface area contributed by atoms with Crippen LogP contribution in [-0.4, -0.2) is 18.1 Å². The number of thioether (sulfide) groups is 1. The van der Waals surface area contributed by atoms with Gasteiger partial charge in [-0.3, -0.25) is 4.79 Å². The molecule has 0 radical (unpaired) electrons. The molecule has 0 aliphatic rings. The van der Waals surface area contributed by atoms with Crippen molar-refractivity contribution in [3.8, 4) is 0 Å². The molecule has 2 aromatic rings. The summed E-state index contributed by atoms with van der Waals surface area (Å²) in [6.45, 7) is 2.00. The van der Waals surface area contributed by atoms with E-state index in [1.54, 1.807) is 23.9 Å². The van der Waals surface area contributed by atoms with Crippen LogP contribution in [0.1, 0.15) is 17.3 Å². The van der Waals surface area contributed by atoms with Crippen LogP contribution in [0.25, 0.3) is 0 Å². The molecule has 0 bridgehead atoms. The van der Waals surface area contributed by atoms with Gasteiger partial charge in [-0.15, -0.1) is 11.8 Å². The lowest BCUT2D eigenvalue weighted by Gasteiger charge is -2.10. The molecule has 5 heteroatoms. The first-order chi connectivity index (χ1) is 10.1. The standard InChI is InChI=1S/C16H15ClFNOS/c1-11(20)16-14(18)3-2-4-15(16)19-9-10-21-13-7-5-12(17)6-8-13/h2-8,19H,9-10H2,1H3. The maximum atomic E-state index is 13.6. The number of Topliss-reactive ketones (excluding diaryl/α,β-unsaturated/α-hetero) is 1. The molecule has 0 amide bonds. The van der Waals surface area contributed by atoms with Gasteiger partial charge < -0.3 is 5.32 Å². The average molecular weight is 324 g/mol. The third kappa shape index (κ3) is 4.48. The van der Waals surface area contributed by atoms with E-state index in [0.717, 1.165) is 10.6 Å². The van der Waals surface area contributed by atoms with Crippen LogP contribution < -0.4 is 5.32 Å². The fourth-order valence-electron chi connectivity index (χ4n) is 1.91. The first-order valence-electron chi connectivity index (χ1n) is 6.49. The summed E-state index contributed by atoms with van der Waals surface area (Å²) in [6.07, 6.45) is 0. The number of rotatable bonds is 6. The van der Waals surface area contributed by atoms with Crippen LogP contribution in [0.5, 0.6) is 0 Å². The zero-order valence-corrected chi connectivity index (χ0v) is 13.1. The van der Waals surface area contributed by atoms with Crippen molar-refractivity contribution < 1.29 is 9.18 Å². The van der Waals surface area contributed by atoms with E-state index in [9.17, 15) is 9.18 Å². The van der Waals surface area contributed by atoms with Gasteiger partial charge in [0.2, 0.25) is 0 Å². The molecule has 0 aromatic heterocycles. The summed E-state index contributed by atoms with van der Waals surface area (Å²) in [7, 11) is 0. The van der Waals surface area contributed by atoms with Crippen LogP contribution in [0.2, 0.25) is 5.02 Å². The van der Waals surface area contributed by atoms with Crippen molar-refractivity contribution in [3.63, 3.8) is 0 Å². The van der Waals surface area contributed by atoms with Crippen molar-refractivity contribution in [2.24, 2.45) is 0 Å². The number of carbonyl (C=O) groups is 1. The van der Waals surface area contributed by atoms with Gasteiger partial charge in [-0.05, 0) is 43.3 Å². The summed E-state index contributed by atoms with van der Waals surface area (Å²) in [6, 6.07) is 12.2. The Morgan fingerprint density at radius 1 is 1.24 bits per heavy atom. The minimum atomic E-state index is -0.488. The van der Waals surface area contributed by atoms with Crippen LogP contribution in [0.4, 0.5) is 10.1 Å². The van der Waals surface area contributed by atoms with E-state index in [1.807, 2.05) is 24.3 Å². The Kier molecular flexibility index (Phi) is 5.65. The third-order valence-electron chi connectivity index (χ3n) is 2.87. The first-order valence-corrected chi connectivity index (χ1v) is 7.86. The lowest BCUT2D eigenvalue weighted by molar-refractivity contribution is 0.101. The SMILES string of the molecule is CC(=O)c1c(F)cccc1NCCSc1ccc(Cl)cc1. The van der Waals surface area contributed by atoms with Gasteiger partial charge in [-0.25, -0.2) is 4.39 Å². The molecular formula is C16H15ClFNOS. The van der Waals surface area contributed by atoms with E-state index in [2.05, 4.69) is 5.32 Å². The van der Waals surface area contributed by atoms with Crippen molar-refractivity contribution in [3.05, 3.63) is 58.9 Å². The van der Waals surface area contributed by atoms with Crippen molar-refractivity contribution in [2.45, 2.75) is 11.8 Å². The van der Waals surface area contributed by atoms with Crippen molar-refractivity contribution in [1.29, 1.82) is 0 Å². The maximum Gasteiger partial charge on any atom is 0.164 e. The molecule has 0 unspecified atom stereocenters. The molecule has 1 N–H and O–H groups in total. The Labute approximate surface area is 132 Å². The van der Waals surface area contributed by atoms with E-state index in [-0.39, 0.29) is 11.3 Å². The van der Waals surface area contributed by atoms with Gasteiger partial charge in [-0.1, -0.05) is 17.7 Å². The zero-order valence-electron chi connectivity index (χ0n) is 11.5. The van der Waals surface area contributed by atoms with Gasteiger partial charge in [0.15, 0.2) is 5.78 Å². The molecule has 2 nitrogen and oxygen atoms in total. The quantitative estimate of drug-likeness (QED) is 0.466. The summed E-state index contributed by atoms with van der Waals surface area (Å²) >= 11 is 7.49. The second kappa shape index (κ2) is 7.48. The molecule has 21 heavy (non-hydrogen) atoms. The summed E-state index contributed by atoms with van der Waals surface area (Å²) in [5.74, 6) is 0.0361. The Balaban J connectivity index is 1.90. The minimum Gasteiger partial charge on any atom is -0.384 e. The molecule has 0 heterocycles. The highest BCUT2D eigenvalue weighted by Gasteiger charge is 2.12. The van der Waals surface area contributed by atoms with E-state index in [0.29, 0.717) is 17.3 Å². The molecule has 0 saturated heterocycles. The fourth-order valence-corrected chi connectivity index (χ4v) is 2.81. The molecule has 0 aliphatic heterocycles. The highest BCUT2D eigenvalue weighted by Crippen LogP contribution is 2.22. The summed E-state index contributed by atoms with van der Waals surface area (Å²) < 4.78 is 13.6. The Hall–Kier alpha value is -1.52. The Morgan fingerprint density at radius 2 is 1.95 bits per heavy atom. The zero-order chi connectivity index (χ0) is 15.2. The third-order valence-corrected chi connectivity index (χ3v) is 4.13. The lowest BCUT2D eigenvalue weighted by Crippen LogP contribution is -2.09. The molecule has 0 spiro atoms. The van der Waals surface area contributed by atoms with Crippen LogP contribution >= 0.6 is 23.4 Å². The molecule has 0 saturated carbocycles. The van der Waals surface area contributed by atoms with Gasteiger partial charge >= 0.3 is 0 Å². The Morgan fingerprint density at radius 3 is 2.62 bits per heavy atom. The summed E-state index contributed by atoms with van der Waals surface area (Å²) in [5, 5.41) is 3.82. The van der Waals surface area contributed by atoms with Crippen LogP contribution in [-0.2, 0) is 0 Å². The van der Waals surface area contributed by atoms with E-state index >= 15 is 0 Å². The number of nitrogens with one attached hydrogen (secondary N) is 1. The van der Waals surface area contributed by atoms with Crippen molar-refractivity contribution in [1.82, 2.24) is 0 Å². The van der Waals surface area contributed by atoms with Gasteiger partial charge in [-0.2, -0.15) is 0 Å². The summed E-state index contributed by atoms with van der Waals surface area (Å²) in [5.41, 5.74) is 0.660. The Bertz CT molecular complexity index is 631. The maximum absolute atomic E-state index is 13.6. The van der Waals surface area contributed by atoms with Crippen LogP contribution in [0, 0.1) is 5.82 Å². The number of carbonyl (C=O) groups excluding carboxylic acids is 1. The number of benzene rings is 2. The monoisotopic (exact) mass is 323 g/mol. The molecule has 2 rings (SSSR count). The predicted molar refractivity (Wildman–Crippen MR) is 87.1 cm³/mol. The smallest absolute Gasteiger partial charge is 0.164 e. The number of halogens is 2. The average Bonchev–Trinajstić information content (AvgIpc) is 2.45. The first kappa shape index (κ1) is 15.9. The second-order valence-corrected chi connectivity index (χ2v) is 6.05. The van der Waals surface area contributed by atoms with Gasteiger partial charge in [0.1, 0.15) is 5.82 Å². The van der Waals surface area contributed by atoms with Crippen LogP contribution in [0.3, 0.4) is 0 Å². The minimum absolute atomic E-state index is 0.119. The normalized spacial score (nSPS) is 10.4. The molecule has 2 aromatic carbocycles. The van der Waals surface area contributed by atoms with Crippen molar-refractivity contribution >= 4 is 34.8 Å². The number of hydrogen-bond donors (Lipinski definition) is 1. The van der Waals surface area contributed by atoms with E-state index in [4.69, 9.17) is 11.6 Å². The molecule has 0 aliphatic carbocycles. The van der Waals surface area contributed by atoms with E-state index in [1.165, 1.54) is 13.0 Å². The largest absolute Gasteiger partial charge is 0.384 e. The molecular weight excluding hydrogens is 309 g/mol. The topological polar surface area (TPSA) is 29.1 Å².